The second kappa shape index (κ2) is 3.76. The average Bonchev–Trinajstić information content (AvgIpc) is 2.38. The van der Waals surface area contributed by atoms with Crippen LogP contribution < -0.4 is 11.1 Å². The normalized spacial score (nSPS) is 22.4. The highest BCUT2D eigenvalue weighted by Crippen LogP contribution is 2.30. The Hall–Kier alpha value is -1.61. The SMILES string of the molecule is NCC1C=CC2=C(N1)c1ncccc1CC2. The fraction of sp³-hybridized carbons (Fsp3) is 0.308. The first kappa shape index (κ1) is 9.60. The van der Waals surface area contributed by atoms with E-state index in [9.17, 15) is 0 Å². The Labute approximate surface area is 95.1 Å². The van der Waals surface area contributed by atoms with E-state index in [1.54, 1.807) is 0 Å². The Balaban J connectivity index is 2.06. The van der Waals surface area contributed by atoms with Crippen molar-refractivity contribution in [1.82, 2.24) is 10.3 Å². The smallest absolute Gasteiger partial charge is 0.0895 e. The van der Waals surface area contributed by atoms with Gasteiger partial charge in [0.15, 0.2) is 0 Å². The molecule has 0 radical (unpaired) electrons. The third kappa shape index (κ3) is 1.44. The molecule has 1 unspecified atom stereocenters. The first-order chi connectivity index (χ1) is 7.88. The van der Waals surface area contributed by atoms with E-state index < -0.39 is 0 Å². The molecular weight excluding hydrogens is 198 g/mol. The molecule has 3 rings (SSSR count). The van der Waals surface area contributed by atoms with Crippen LogP contribution in [0.2, 0.25) is 0 Å². The summed E-state index contributed by atoms with van der Waals surface area (Å²) >= 11 is 0. The van der Waals surface area contributed by atoms with Gasteiger partial charge in [0.2, 0.25) is 0 Å². The minimum Gasteiger partial charge on any atom is -0.376 e. The fourth-order valence-electron chi connectivity index (χ4n) is 2.34. The lowest BCUT2D eigenvalue weighted by molar-refractivity contribution is 0.695. The molecule has 2 aliphatic rings. The zero-order valence-corrected chi connectivity index (χ0v) is 9.11. The minimum atomic E-state index is 0.242. The summed E-state index contributed by atoms with van der Waals surface area (Å²) in [7, 11) is 0. The number of nitrogens with one attached hydrogen (secondary N) is 1. The summed E-state index contributed by atoms with van der Waals surface area (Å²) in [5, 5.41) is 3.47. The lowest BCUT2D eigenvalue weighted by Gasteiger charge is -2.28. The van der Waals surface area contributed by atoms with Crippen LogP contribution in [-0.4, -0.2) is 17.6 Å². The standard InChI is InChI=1S/C13H15N3/c14-8-11-6-5-10-4-3-9-2-1-7-15-12(9)13(10)16-11/h1-2,5-7,11,16H,3-4,8,14H2. The molecule has 0 aromatic carbocycles. The molecule has 0 bridgehead atoms. The van der Waals surface area contributed by atoms with Gasteiger partial charge in [-0.3, -0.25) is 4.98 Å². The largest absolute Gasteiger partial charge is 0.376 e. The first-order valence-electron chi connectivity index (χ1n) is 5.70. The second-order valence-corrected chi connectivity index (χ2v) is 4.26. The van der Waals surface area contributed by atoms with Crippen LogP contribution in [0.4, 0.5) is 0 Å². The van der Waals surface area contributed by atoms with Crippen molar-refractivity contribution in [1.29, 1.82) is 0 Å². The monoisotopic (exact) mass is 213 g/mol. The molecule has 1 aliphatic heterocycles. The number of fused-ring (bicyclic) bond motifs is 2. The summed E-state index contributed by atoms with van der Waals surface area (Å²) in [6.07, 6.45) is 8.37. The van der Waals surface area contributed by atoms with Crippen LogP contribution in [-0.2, 0) is 6.42 Å². The molecule has 0 spiro atoms. The zero-order chi connectivity index (χ0) is 11.0. The van der Waals surface area contributed by atoms with Crippen molar-refractivity contribution in [2.75, 3.05) is 6.54 Å². The Morgan fingerprint density at radius 3 is 3.25 bits per heavy atom. The van der Waals surface area contributed by atoms with Crippen molar-refractivity contribution in [3.05, 3.63) is 47.3 Å². The van der Waals surface area contributed by atoms with Crippen molar-refractivity contribution >= 4 is 5.70 Å². The van der Waals surface area contributed by atoms with Crippen molar-refractivity contribution in [2.45, 2.75) is 18.9 Å². The van der Waals surface area contributed by atoms with Gasteiger partial charge in [0.1, 0.15) is 0 Å². The molecule has 2 heterocycles. The van der Waals surface area contributed by atoms with Crippen LogP contribution in [0.1, 0.15) is 17.7 Å². The summed E-state index contributed by atoms with van der Waals surface area (Å²) in [6, 6.07) is 4.40. The number of aryl methyl sites for hydroxylation is 1. The van der Waals surface area contributed by atoms with Gasteiger partial charge in [-0.25, -0.2) is 0 Å². The molecule has 3 N–H and O–H groups in total. The predicted octanol–water partition coefficient (Wildman–Crippen LogP) is 1.23. The van der Waals surface area contributed by atoms with Gasteiger partial charge in [-0.2, -0.15) is 0 Å². The predicted molar refractivity (Wildman–Crippen MR) is 64.6 cm³/mol. The van der Waals surface area contributed by atoms with Crippen LogP contribution >= 0.6 is 0 Å². The molecule has 1 aromatic heterocycles. The molecule has 1 atom stereocenters. The highest BCUT2D eigenvalue weighted by molar-refractivity contribution is 5.72. The van der Waals surface area contributed by atoms with E-state index in [-0.39, 0.29) is 6.04 Å². The highest BCUT2D eigenvalue weighted by atomic mass is 15.0. The summed E-state index contributed by atoms with van der Waals surface area (Å²) in [6.45, 7) is 0.620. The maximum Gasteiger partial charge on any atom is 0.0895 e. The molecule has 3 heteroatoms. The number of dihydropyridines is 1. The Morgan fingerprint density at radius 2 is 2.38 bits per heavy atom. The van der Waals surface area contributed by atoms with E-state index in [4.69, 9.17) is 5.73 Å². The molecule has 0 fully saturated rings. The first-order valence-corrected chi connectivity index (χ1v) is 5.70. The molecular formula is C13H15N3. The molecule has 1 aromatic rings. The Bertz CT molecular complexity index is 474. The van der Waals surface area contributed by atoms with Gasteiger partial charge in [0.05, 0.1) is 17.4 Å². The van der Waals surface area contributed by atoms with E-state index in [1.165, 1.54) is 16.8 Å². The van der Waals surface area contributed by atoms with Crippen molar-refractivity contribution < 1.29 is 0 Å². The Kier molecular flexibility index (Phi) is 2.26. The van der Waals surface area contributed by atoms with Crippen molar-refractivity contribution in [3.63, 3.8) is 0 Å². The van der Waals surface area contributed by atoms with Gasteiger partial charge in [-0.1, -0.05) is 18.2 Å². The summed E-state index contributed by atoms with van der Waals surface area (Å²) < 4.78 is 0. The van der Waals surface area contributed by atoms with E-state index >= 15 is 0 Å². The number of rotatable bonds is 1. The van der Waals surface area contributed by atoms with E-state index in [1.807, 2.05) is 12.3 Å². The Morgan fingerprint density at radius 1 is 1.44 bits per heavy atom. The number of nitrogens with two attached hydrogens (primary N) is 1. The summed E-state index contributed by atoms with van der Waals surface area (Å²) in [4.78, 5) is 4.48. The fourth-order valence-corrected chi connectivity index (χ4v) is 2.34. The van der Waals surface area contributed by atoms with Crippen LogP contribution in [0.3, 0.4) is 0 Å². The molecule has 16 heavy (non-hydrogen) atoms. The number of nitrogens with zero attached hydrogens (tertiary/aromatic N) is 1. The van der Waals surface area contributed by atoms with E-state index in [0.29, 0.717) is 6.54 Å². The zero-order valence-electron chi connectivity index (χ0n) is 9.11. The van der Waals surface area contributed by atoms with Gasteiger partial charge in [-0.15, -0.1) is 0 Å². The van der Waals surface area contributed by atoms with Gasteiger partial charge >= 0.3 is 0 Å². The summed E-state index contributed by atoms with van der Waals surface area (Å²) in [5.41, 5.74) is 10.7. The van der Waals surface area contributed by atoms with Gasteiger partial charge < -0.3 is 11.1 Å². The third-order valence-corrected chi connectivity index (χ3v) is 3.23. The van der Waals surface area contributed by atoms with E-state index in [2.05, 4.69) is 28.5 Å². The molecule has 3 nitrogen and oxygen atoms in total. The number of aromatic nitrogens is 1. The second-order valence-electron chi connectivity index (χ2n) is 4.26. The van der Waals surface area contributed by atoms with Crippen LogP contribution in [0, 0.1) is 0 Å². The van der Waals surface area contributed by atoms with Crippen LogP contribution in [0.5, 0.6) is 0 Å². The molecule has 0 saturated heterocycles. The topological polar surface area (TPSA) is 50.9 Å². The molecule has 0 amide bonds. The maximum absolute atomic E-state index is 5.69. The molecule has 82 valence electrons. The lowest BCUT2D eigenvalue weighted by Crippen LogP contribution is -2.36. The number of allylic oxidation sites excluding steroid dienone is 2. The van der Waals surface area contributed by atoms with Gasteiger partial charge in [0, 0.05) is 12.7 Å². The average molecular weight is 213 g/mol. The molecule has 1 aliphatic carbocycles. The number of pyridine rings is 1. The quantitative estimate of drug-likeness (QED) is 0.737. The van der Waals surface area contributed by atoms with Crippen LogP contribution in [0.25, 0.3) is 5.70 Å². The third-order valence-electron chi connectivity index (χ3n) is 3.23. The number of hydrogen-bond donors (Lipinski definition) is 2. The van der Waals surface area contributed by atoms with Crippen molar-refractivity contribution in [3.8, 4) is 0 Å². The van der Waals surface area contributed by atoms with Gasteiger partial charge in [-0.05, 0) is 30.0 Å². The lowest BCUT2D eigenvalue weighted by atomic mass is 9.90. The van der Waals surface area contributed by atoms with E-state index in [0.717, 1.165) is 18.5 Å². The van der Waals surface area contributed by atoms with Gasteiger partial charge in [0.25, 0.3) is 0 Å². The van der Waals surface area contributed by atoms with Crippen LogP contribution in [0.15, 0.2) is 36.1 Å². The molecule has 0 saturated carbocycles. The van der Waals surface area contributed by atoms with Crippen molar-refractivity contribution in [2.24, 2.45) is 5.73 Å². The number of hydrogen-bond acceptors (Lipinski definition) is 3. The maximum atomic E-state index is 5.69. The highest BCUT2D eigenvalue weighted by Gasteiger charge is 2.22. The minimum absolute atomic E-state index is 0.242. The summed E-state index contributed by atoms with van der Waals surface area (Å²) in [5.74, 6) is 0.